The lowest BCUT2D eigenvalue weighted by Crippen LogP contribution is -2.29. The molecule has 0 bridgehead atoms. The molecular formula is C26H27NO3. The topological polar surface area (TPSA) is 39.7 Å². The van der Waals surface area contributed by atoms with Crippen LogP contribution in [0.4, 0.5) is 5.69 Å². The van der Waals surface area contributed by atoms with Gasteiger partial charge in [-0.2, -0.15) is 0 Å². The maximum Gasteiger partial charge on any atom is 0.124 e. The molecule has 3 aromatic rings. The van der Waals surface area contributed by atoms with Gasteiger partial charge in [-0.15, -0.1) is 0 Å². The van der Waals surface area contributed by atoms with E-state index in [9.17, 15) is 0 Å². The zero-order valence-corrected chi connectivity index (χ0v) is 17.4. The van der Waals surface area contributed by atoms with Crippen LogP contribution in [0.1, 0.15) is 29.5 Å². The smallest absolute Gasteiger partial charge is 0.124 e. The number of ether oxygens (including phenoxy) is 3. The normalized spacial score (nSPS) is 21.7. The Balaban J connectivity index is 1.57. The molecule has 3 atom stereocenters. The molecular weight excluding hydrogens is 374 g/mol. The summed E-state index contributed by atoms with van der Waals surface area (Å²) in [6.07, 6.45) is 5.71. The number of hydrogen-bond donors (Lipinski definition) is 1. The second-order valence-electron chi connectivity index (χ2n) is 7.97. The molecule has 3 unspecified atom stereocenters. The molecule has 2 aliphatic rings. The lowest BCUT2D eigenvalue weighted by Gasteiger charge is -2.38. The standard InChI is InChI=1S/C26H27NO3/c1-28-14-15-30-18-11-12-23-22(16-18)20-8-5-9-21(20)26(27-23)25-19-7-4-3-6-17(19)10-13-24(25)29-2/h3-8,10-13,16,20-21,26-27H,9,14-15H2,1-2H3. The summed E-state index contributed by atoms with van der Waals surface area (Å²) in [6, 6.07) is 19.4. The molecule has 4 nitrogen and oxygen atoms in total. The third kappa shape index (κ3) is 3.21. The Kier molecular flexibility index (Phi) is 5.09. The van der Waals surface area contributed by atoms with Crippen molar-refractivity contribution in [1.29, 1.82) is 0 Å². The minimum Gasteiger partial charge on any atom is -0.496 e. The van der Waals surface area contributed by atoms with Crippen LogP contribution in [0.2, 0.25) is 0 Å². The lowest BCUT2D eigenvalue weighted by molar-refractivity contribution is 0.146. The van der Waals surface area contributed by atoms with E-state index in [0.717, 1.165) is 17.9 Å². The lowest BCUT2D eigenvalue weighted by atomic mass is 9.76. The van der Waals surface area contributed by atoms with Crippen LogP contribution >= 0.6 is 0 Å². The molecule has 0 spiro atoms. The van der Waals surface area contributed by atoms with Crippen LogP contribution < -0.4 is 14.8 Å². The van der Waals surface area contributed by atoms with E-state index in [0.29, 0.717) is 25.0 Å². The van der Waals surface area contributed by atoms with Gasteiger partial charge in [0.25, 0.3) is 0 Å². The van der Waals surface area contributed by atoms with E-state index in [1.165, 1.54) is 27.6 Å². The van der Waals surface area contributed by atoms with Crippen molar-refractivity contribution in [2.75, 3.05) is 32.8 Å². The summed E-state index contributed by atoms with van der Waals surface area (Å²) in [6.45, 7) is 1.15. The summed E-state index contributed by atoms with van der Waals surface area (Å²) in [5.74, 6) is 2.64. The quantitative estimate of drug-likeness (QED) is 0.425. The Hall–Kier alpha value is -2.98. The number of methoxy groups -OCH3 is 2. The second kappa shape index (κ2) is 8.04. The third-order valence-corrected chi connectivity index (χ3v) is 6.35. The first-order valence-electron chi connectivity index (χ1n) is 10.5. The molecule has 1 aliphatic carbocycles. The molecule has 4 heteroatoms. The van der Waals surface area contributed by atoms with Gasteiger partial charge in [0.15, 0.2) is 0 Å². The van der Waals surface area contributed by atoms with Crippen molar-refractivity contribution in [3.05, 3.63) is 77.9 Å². The van der Waals surface area contributed by atoms with Crippen molar-refractivity contribution >= 4 is 16.5 Å². The van der Waals surface area contributed by atoms with Crippen molar-refractivity contribution < 1.29 is 14.2 Å². The van der Waals surface area contributed by atoms with E-state index >= 15 is 0 Å². The van der Waals surface area contributed by atoms with E-state index in [1.807, 2.05) is 6.07 Å². The molecule has 0 radical (unpaired) electrons. The van der Waals surface area contributed by atoms with Gasteiger partial charge < -0.3 is 19.5 Å². The fraction of sp³-hybridized carbons (Fsp3) is 0.308. The fourth-order valence-corrected chi connectivity index (χ4v) is 4.97. The largest absolute Gasteiger partial charge is 0.496 e. The van der Waals surface area contributed by atoms with Gasteiger partial charge in [0, 0.05) is 24.3 Å². The minimum atomic E-state index is 0.179. The number of allylic oxidation sites excluding steroid dienone is 2. The average Bonchev–Trinajstić information content (AvgIpc) is 3.28. The molecule has 1 N–H and O–H groups in total. The van der Waals surface area contributed by atoms with Crippen LogP contribution in [0.15, 0.2) is 66.7 Å². The van der Waals surface area contributed by atoms with Crippen LogP contribution in [-0.2, 0) is 4.74 Å². The highest BCUT2D eigenvalue weighted by atomic mass is 16.5. The Morgan fingerprint density at radius 3 is 2.77 bits per heavy atom. The molecule has 0 saturated carbocycles. The second-order valence-corrected chi connectivity index (χ2v) is 7.97. The van der Waals surface area contributed by atoms with Crippen LogP contribution in [0.3, 0.4) is 0 Å². The highest BCUT2D eigenvalue weighted by Crippen LogP contribution is 2.52. The van der Waals surface area contributed by atoms with Crippen molar-refractivity contribution in [3.8, 4) is 11.5 Å². The predicted molar refractivity (Wildman–Crippen MR) is 121 cm³/mol. The van der Waals surface area contributed by atoms with Crippen molar-refractivity contribution in [1.82, 2.24) is 0 Å². The number of nitrogens with one attached hydrogen (secondary N) is 1. The van der Waals surface area contributed by atoms with Gasteiger partial charge in [0.2, 0.25) is 0 Å². The first kappa shape index (κ1) is 19.0. The van der Waals surface area contributed by atoms with Crippen molar-refractivity contribution in [2.24, 2.45) is 5.92 Å². The zero-order chi connectivity index (χ0) is 20.5. The monoisotopic (exact) mass is 401 g/mol. The maximum absolute atomic E-state index is 5.87. The van der Waals surface area contributed by atoms with Gasteiger partial charge in [-0.05, 0) is 52.9 Å². The van der Waals surface area contributed by atoms with E-state index < -0.39 is 0 Å². The van der Waals surface area contributed by atoms with Crippen LogP contribution in [0.25, 0.3) is 10.8 Å². The molecule has 0 saturated heterocycles. The van der Waals surface area contributed by atoms with Crippen LogP contribution in [0, 0.1) is 5.92 Å². The number of benzene rings is 3. The highest BCUT2D eigenvalue weighted by molar-refractivity contribution is 5.89. The Morgan fingerprint density at radius 2 is 1.90 bits per heavy atom. The van der Waals surface area contributed by atoms with Gasteiger partial charge >= 0.3 is 0 Å². The number of hydrogen-bond acceptors (Lipinski definition) is 4. The molecule has 1 aliphatic heterocycles. The first-order valence-corrected chi connectivity index (χ1v) is 10.5. The Morgan fingerprint density at radius 1 is 1.00 bits per heavy atom. The van der Waals surface area contributed by atoms with Crippen molar-refractivity contribution in [2.45, 2.75) is 18.4 Å². The molecule has 1 heterocycles. The van der Waals surface area contributed by atoms with Gasteiger partial charge in [-0.25, -0.2) is 0 Å². The first-order chi connectivity index (χ1) is 14.8. The van der Waals surface area contributed by atoms with E-state index in [1.54, 1.807) is 14.2 Å². The summed E-state index contributed by atoms with van der Waals surface area (Å²) in [5.41, 5.74) is 3.72. The van der Waals surface area contributed by atoms with Crippen molar-refractivity contribution in [3.63, 3.8) is 0 Å². The van der Waals surface area contributed by atoms with E-state index in [2.05, 4.69) is 66.0 Å². The molecule has 5 rings (SSSR count). The number of anilines is 1. The summed E-state index contributed by atoms with van der Waals surface area (Å²) < 4.78 is 16.8. The SMILES string of the molecule is COCCOc1ccc2c(c1)C1C=CCC1C(c1c(OC)ccc3ccccc13)N2. The van der Waals surface area contributed by atoms with E-state index in [-0.39, 0.29) is 6.04 Å². The Labute approximate surface area is 177 Å². The van der Waals surface area contributed by atoms with Crippen LogP contribution in [0.5, 0.6) is 11.5 Å². The molecule has 154 valence electrons. The maximum atomic E-state index is 5.87. The highest BCUT2D eigenvalue weighted by Gasteiger charge is 2.39. The summed E-state index contributed by atoms with van der Waals surface area (Å²) in [5, 5.41) is 6.34. The molecule has 30 heavy (non-hydrogen) atoms. The zero-order valence-electron chi connectivity index (χ0n) is 17.4. The summed E-state index contributed by atoms with van der Waals surface area (Å²) >= 11 is 0. The third-order valence-electron chi connectivity index (χ3n) is 6.35. The fourth-order valence-electron chi connectivity index (χ4n) is 4.97. The summed E-state index contributed by atoms with van der Waals surface area (Å²) in [7, 11) is 3.45. The minimum absolute atomic E-state index is 0.179. The van der Waals surface area contributed by atoms with Crippen LogP contribution in [-0.4, -0.2) is 27.4 Å². The molecule has 3 aromatic carbocycles. The average molecular weight is 402 g/mol. The Bertz CT molecular complexity index is 1090. The van der Waals surface area contributed by atoms with Gasteiger partial charge in [0.1, 0.15) is 18.1 Å². The van der Waals surface area contributed by atoms with Gasteiger partial charge in [-0.1, -0.05) is 42.5 Å². The molecule has 0 aromatic heterocycles. The van der Waals surface area contributed by atoms with Gasteiger partial charge in [-0.3, -0.25) is 0 Å². The summed E-state index contributed by atoms with van der Waals surface area (Å²) in [4.78, 5) is 0. The number of rotatable bonds is 6. The predicted octanol–water partition coefficient (Wildman–Crippen LogP) is 5.70. The number of fused-ring (bicyclic) bond motifs is 4. The van der Waals surface area contributed by atoms with Gasteiger partial charge in [0.05, 0.1) is 19.8 Å². The van der Waals surface area contributed by atoms with E-state index in [4.69, 9.17) is 14.2 Å². The molecule has 0 fully saturated rings. The molecule has 0 amide bonds.